The summed E-state index contributed by atoms with van der Waals surface area (Å²) in [6, 6.07) is 21.2. The van der Waals surface area contributed by atoms with E-state index in [1.54, 1.807) is 5.19 Å². The van der Waals surface area contributed by atoms with Gasteiger partial charge in [0.2, 0.25) is 0 Å². The first-order chi connectivity index (χ1) is 10.2. The maximum absolute atomic E-state index is 8.71. The molecule has 5 heteroatoms. The Morgan fingerprint density at radius 2 is 1.75 bits per heavy atom. The van der Waals surface area contributed by atoms with Crippen LogP contribution in [-0.2, 0) is 32.6 Å². The van der Waals surface area contributed by atoms with Crippen LogP contribution in [0.5, 0.6) is 0 Å². The third kappa shape index (κ3) is 7.80. The molecule has 0 amide bonds. The molecule has 0 atom stereocenters. The number of aryl methyl sites for hydroxylation is 1. The SMILES string of the molecule is C[SiH](C)[c-]1cccc1CCCO.[Cl-].[Cl-].[Zr+4].c1ccc2[cH-]ccc2c1. The van der Waals surface area contributed by atoms with Crippen molar-refractivity contribution >= 4 is 24.8 Å². The summed E-state index contributed by atoms with van der Waals surface area (Å²) < 4.78 is 0. The average molecular weight is 459 g/mol. The van der Waals surface area contributed by atoms with Crippen molar-refractivity contribution in [2.75, 3.05) is 6.61 Å². The fourth-order valence-corrected chi connectivity index (χ4v) is 4.08. The second-order valence-corrected chi connectivity index (χ2v) is 8.57. The fourth-order valence-electron chi connectivity index (χ4n) is 2.60. The van der Waals surface area contributed by atoms with Gasteiger partial charge in [0.1, 0.15) is 0 Å². The number of aliphatic hydroxyl groups is 1. The molecular weight excluding hydrogens is 434 g/mol. The molecule has 0 fully saturated rings. The minimum absolute atomic E-state index is 0. The maximum Gasteiger partial charge on any atom is 4.00 e. The molecule has 0 saturated heterocycles. The van der Waals surface area contributed by atoms with E-state index < -0.39 is 8.80 Å². The summed E-state index contributed by atoms with van der Waals surface area (Å²) in [6.45, 7) is 5.00. The van der Waals surface area contributed by atoms with Crippen molar-refractivity contribution in [3.05, 3.63) is 66.2 Å². The smallest absolute Gasteiger partial charge is 1.00 e. The van der Waals surface area contributed by atoms with E-state index in [0.717, 1.165) is 12.8 Å². The third-order valence-electron chi connectivity index (χ3n) is 3.72. The van der Waals surface area contributed by atoms with Gasteiger partial charge in [0.15, 0.2) is 0 Å². The number of benzene rings is 1. The molecule has 0 aromatic heterocycles. The fraction of sp³-hybridized carbons (Fsp3) is 0.263. The molecule has 0 heterocycles. The predicted molar refractivity (Wildman–Crippen MR) is 95.5 cm³/mol. The van der Waals surface area contributed by atoms with Crippen LogP contribution >= 0.6 is 0 Å². The minimum atomic E-state index is -0.644. The molecule has 0 bridgehead atoms. The summed E-state index contributed by atoms with van der Waals surface area (Å²) in [7, 11) is -0.644. The molecule has 0 unspecified atom stereocenters. The Morgan fingerprint density at radius 1 is 1.04 bits per heavy atom. The average Bonchev–Trinajstić information content (AvgIpc) is 3.14. The van der Waals surface area contributed by atoms with Gasteiger partial charge in [-0.1, -0.05) is 19.2 Å². The maximum atomic E-state index is 8.71. The van der Waals surface area contributed by atoms with Gasteiger partial charge in [0.05, 0.1) is 0 Å². The first-order valence-corrected chi connectivity index (χ1v) is 10.6. The Hall–Kier alpha value is -0.180. The van der Waals surface area contributed by atoms with Crippen LogP contribution in [0.3, 0.4) is 0 Å². The van der Waals surface area contributed by atoms with E-state index in [4.69, 9.17) is 5.11 Å². The quantitative estimate of drug-likeness (QED) is 0.341. The molecular formula is C19H24Cl2OSiZr. The van der Waals surface area contributed by atoms with Crippen LogP contribution in [0, 0.1) is 0 Å². The van der Waals surface area contributed by atoms with Crippen LogP contribution in [0.4, 0.5) is 0 Å². The standard InChI is InChI=1S/C10H17OSi.C9H7.2ClH.Zr/c1-12(2)10-7-3-5-9(10)6-4-8-11;1-2-5-9-7-3-6-8(9)4-1;;;/h3,5,7,11-12H,4,6,8H2,1-2H3;1-7H;2*1H;/q2*-1;;;+4/p-2. The zero-order valence-electron chi connectivity index (χ0n) is 14.2. The van der Waals surface area contributed by atoms with Crippen LogP contribution in [-0.4, -0.2) is 20.5 Å². The summed E-state index contributed by atoms with van der Waals surface area (Å²) in [5.41, 5.74) is 1.46. The van der Waals surface area contributed by atoms with Crippen LogP contribution in [0.25, 0.3) is 10.8 Å². The largest absolute Gasteiger partial charge is 4.00 e. The second kappa shape index (κ2) is 14.0. The number of halogens is 2. The molecule has 0 aliphatic heterocycles. The molecule has 1 N–H and O–H groups in total. The number of hydrogen-bond acceptors (Lipinski definition) is 1. The molecule has 3 rings (SSSR count). The molecule has 3 aromatic carbocycles. The van der Waals surface area contributed by atoms with Crippen molar-refractivity contribution in [2.24, 2.45) is 0 Å². The van der Waals surface area contributed by atoms with E-state index in [1.807, 2.05) is 0 Å². The molecule has 0 aliphatic carbocycles. The molecule has 0 saturated carbocycles. The molecule has 3 aromatic rings. The number of fused-ring (bicyclic) bond motifs is 1. The first kappa shape index (κ1) is 26.1. The first-order valence-electron chi connectivity index (χ1n) is 7.68. The Balaban J connectivity index is 0. The number of hydrogen-bond donors (Lipinski definition) is 1. The van der Waals surface area contributed by atoms with E-state index >= 15 is 0 Å². The van der Waals surface area contributed by atoms with Crippen LogP contribution in [0.2, 0.25) is 13.1 Å². The van der Waals surface area contributed by atoms with E-state index in [-0.39, 0.29) is 51.0 Å². The zero-order chi connectivity index (χ0) is 15.1. The third-order valence-corrected chi connectivity index (χ3v) is 5.53. The van der Waals surface area contributed by atoms with Crippen LogP contribution in [0.1, 0.15) is 12.0 Å². The molecule has 1 nitrogen and oxygen atoms in total. The number of aliphatic hydroxyl groups excluding tert-OH is 1. The van der Waals surface area contributed by atoms with Crippen molar-refractivity contribution in [2.45, 2.75) is 25.9 Å². The summed E-state index contributed by atoms with van der Waals surface area (Å²) in [5.74, 6) is 0. The van der Waals surface area contributed by atoms with Gasteiger partial charge in [-0.2, -0.15) is 34.3 Å². The topological polar surface area (TPSA) is 20.2 Å². The van der Waals surface area contributed by atoms with E-state index in [2.05, 4.69) is 73.8 Å². The van der Waals surface area contributed by atoms with E-state index in [9.17, 15) is 0 Å². The molecule has 24 heavy (non-hydrogen) atoms. The molecule has 0 aliphatic rings. The predicted octanol–water partition coefficient (Wildman–Crippen LogP) is -2.41. The van der Waals surface area contributed by atoms with Crippen molar-refractivity contribution in [1.82, 2.24) is 0 Å². The Labute approximate surface area is 178 Å². The van der Waals surface area contributed by atoms with Crippen molar-refractivity contribution in [3.8, 4) is 0 Å². The van der Waals surface area contributed by atoms with Crippen LogP contribution < -0.4 is 30.0 Å². The van der Waals surface area contributed by atoms with E-state index in [0.29, 0.717) is 6.61 Å². The summed E-state index contributed by atoms with van der Waals surface area (Å²) in [6.07, 6.45) is 1.95. The van der Waals surface area contributed by atoms with Gasteiger partial charge in [-0.05, 0) is 12.8 Å². The van der Waals surface area contributed by atoms with Gasteiger partial charge in [-0.25, -0.2) is 12.1 Å². The van der Waals surface area contributed by atoms with Gasteiger partial charge >= 0.3 is 26.2 Å². The Morgan fingerprint density at radius 3 is 2.38 bits per heavy atom. The van der Waals surface area contributed by atoms with Crippen molar-refractivity contribution in [3.63, 3.8) is 0 Å². The number of rotatable bonds is 4. The molecule has 0 spiro atoms. The molecule has 128 valence electrons. The van der Waals surface area contributed by atoms with Gasteiger partial charge in [-0.15, -0.1) is 29.7 Å². The minimum Gasteiger partial charge on any atom is -1.00 e. The molecule has 0 radical (unpaired) electrons. The van der Waals surface area contributed by atoms with Gasteiger partial charge < -0.3 is 29.9 Å². The van der Waals surface area contributed by atoms with Gasteiger partial charge in [0.25, 0.3) is 0 Å². The second-order valence-electron chi connectivity index (χ2n) is 5.64. The van der Waals surface area contributed by atoms with Crippen LogP contribution in [0.15, 0.2) is 60.7 Å². The van der Waals surface area contributed by atoms with Gasteiger partial charge in [0, 0.05) is 15.4 Å². The zero-order valence-corrected chi connectivity index (χ0v) is 19.3. The van der Waals surface area contributed by atoms with Crippen molar-refractivity contribution < 1.29 is 56.1 Å². The Kier molecular flexibility index (Phi) is 15.2. The summed E-state index contributed by atoms with van der Waals surface area (Å²) >= 11 is 0. The summed E-state index contributed by atoms with van der Waals surface area (Å²) in [5, 5.41) is 12.9. The van der Waals surface area contributed by atoms with Gasteiger partial charge in [-0.3, -0.25) is 0 Å². The normalized spacial score (nSPS) is 9.33. The van der Waals surface area contributed by atoms with E-state index in [1.165, 1.54) is 16.3 Å². The Bertz CT molecular complexity index is 634. The monoisotopic (exact) mass is 456 g/mol. The summed E-state index contributed by atoms with van der Waals surface area (Å²) in [4.78, 5) is 0. The van der Waals surface area contributed by atoms with Crippen molar-refractivity contribution in [1.29, 1.82) is 0 Å².